The monoisotopic (exact) mass is 307 g/mol. The number of piperidine rings is 2. The van der Waals surface area contributed by atoms with E-state index in [0.29, 0.717) is 16.5 Å². The first kappa shape index (κ1) is 14.9. The van der Waals surface area contributed by atoms with Crippen LogP contribution in [0.2, 0.25) is 5.02 Å². The third-order valence-corrected chi connectivity index (χ3v) is 5.40. The summed E-state index contributed by atoms with van der Waals surface area (Å²) in [5.41, 5.74) is 0.586. The van der Waals surface area contributed by atoms with Gasteiger partial charge in [0.2, 0.25) is 0 Å². The number of nitrogens with one attached hydrogen (secondary N) is 2. The van der Waals surface area contributed by atoms with E-state index in [1.165, 1.54) is 45.2 Å². The van der Waals surface area contributed by atoms with Crippen LogP contribution in [0.1, 0.15) is 42.5 Å². The number of amides is 1. The van der Waals surface area contributed by atoms with Crippen molar-refractivity contribution in [1.82, 2.24) is 5.32 Å². The molecule has 0 radical (unpaired) electrons. The number of rotatable bonds is 3. The molecule has 4 heteroatoms. The second-order valence-corrected chi connectivity index (χ2v) is 6.76. The Balaban J connectivity index is 1.59. The SMILES string of the molecule is O=C(NC[C@@H]1CCC[NH+]2CCCC[C@@H]12)c1ccccc1Cl. The first-order valence-corrected chi connectivity index (χ1v) is 8.51. The van der Waals surface area contributed by atoms with Crippen LogP contribution in [0.5, 0.6) is 0 Å². The van der Waals surface area contributed by atoms with Gasteiger partial charge < -0.3 is 10.2 Å². The standard InChI is InChI=1S/C17H23ClN2O/c18-15-8-2-1-7-14(15)17(21)19-12-13-6-5-11-20-10-4-3-9-16(13)20/h1-2,7-8,13,16H,3-6,9-12H2,(H,19,21)/p+1/t13-,16-/m0/s1. The summed E-state index contributed by atoms with van der Waals surface area (Å²) in [5.74, 6) is 0.587. The lowest BCUT2D eigenvalue weighted by molar-refractivity contribution is -0.939. The number of halogens is 1. The van der Waals surface area contributed by atoms with Crippen LogP contribution >= 0.6 is 11.6 Å². The van der Waals surface area contributed by atoms with Crippen LogP contribution in [0, 0.1) is 5.92 Å². The van der Waals surface area contributed by atoms with Gasteiger partial charge in [0.05, 0.1) is 29.7 Å². The molecular weight excluding hydrogens is 284 g/mol. The highest BCUT2D eigenvalue weighted by molar-refractivity contribution is 6.33. The smallest absolute Gasteiger partial charge is 0.252 e. The molecule has 1 aromatic rings. The normalized spacial score (nSPS) is 28.7. The fraction of sp³-hybridized carbons (Fsp3) is 0.588. The lowest BCUT2D eigenvalue weighted by atomic mass is 9.83. The Morgan fingerprint density at radius 3 is 2.86 bits per heavy atom. The fourth-order valence-electron chi connectivity index (χ4n) is 3.99. The minimum atomic E-state index is -0.0384. The predicted molar refractivity (Wildman–Crippen MR) is 84.8 cm³/mol. The number of carbonyl (C=O) groups is 1. The molecule has 2 heterocycles. The maximum absolute atomic E-state index is 12.3. The van der Waals surface area contributed by atoms with Gasteiger partial charge in [-0.05, 0) is 44.2 Å². The van der Waals surface area contributed by atoms with E-state index in [9.17, 15) is 4.79 Å². The van der Waals surface area contributed by atoms with E-state index in [0.717, 1.165) is 12.6 Å². The van der Waals surface area contributed by atoms with E-state index in [4.69, 9.17) is 11.6 Å². The van der Waals surface area contributed by atoms with E-state index < -0.39 is 0 Å². The summed E-state index contributed by atoms with van der Waals surface area (Å²) in [7, 11) is 0. The van der Waals surface area contributed by atoms with Crippen molar-refractivity contribution < 1.29 is 9.69 Å². The van der Waals surface area contributed by atoms with Crippen molar-refractivity contribution in [3.63, 3.8) is 0 Å². The van der Waals surface area contributed by atoms with E-state index in [-0.39, 0.29) is 5.91 Å². The van der Waals surface area contributed by atoms with Crippen LogP contribution in [-0.2, 0) is 0 Å². The van der Waals surface area contributed by atoms with Crippen molar-refractivity contribution in [2.24, 2.45) is 5.92 Å². The highest BCUT2D eigenvalue weighted by atomic mass is 35.5. The Morgan fingerprint density at radius 2 is 2.00 bits per heavy atom. The second-order valence-electron chi connectivity index (χ2n) is 6.35. The Kier molecular flexibility index (Phi) is 4.81. The Hall–Kier alpha value is -1.06. The molecule has 2 aliphatic heterocycles. The molecule has 2 N–H and O–H groups in total. The second kappa shape index (κ2) is 6.80. The molecule has 1 unspecified atom stereocenters. The number of hydrogen-bond donors (Lipinski definition) is 2. The Labute approximate surface area is 131 Å². The molecule has 3 atom stereocenters. The maximum atomic E-state index is 12.3. The van der Waals surface area contributed by atoms with Crippen molar-refractivity contribution in [1.29, 1.82) is 0 Å². The molecule has 1 amide bonds. The molecule has 0 bridgehead atoms. The van der Waals surface area contributed by atoms with Gasteiger partial charge in [-0.3, -0.25) is 4.79 Å². The average molecular weight is 308 g/mol. The van der Waals surface area contributed by atoms with Crippen molar-refractivity contribution >= 4 is 17.5 Å². The van der Waals surface area contributed by atoms with Crippen LogP contribution in [0.25, 0.3) is 0 Å². The van der Waals surface area contributed by atoms with Crippen LogP contribution in [-0.4, -0.2) is 31.6 Å². The summed E-state index contributed by atoms with van der Waals surface area (Å²) in [6.07, 6.45) is 6.57. The zero-order chi connectivity index (χ0) is 14.7. The third kappa shape index (κ3) is 3.41. The topological polar surface area (TPSA) is 33.5 Å². The van der Waals surface area contributed by atoms with Crippen molar-refractivity contribution in [3.05, 3.63) is 34.9 Å². The van der Waals surface area contributed by atoms with Crippen molar-refractivity contribution in [3.8, 4) is 0 Å². The van der Waals surface area contributed by atoms with Gasteiger partial charge >= 0.3 is 0 Å². The molecule has 2 fully saturated rings. The van der Waals surface area contributed by atoms with Gasteiger partial charge in [0.1, 0.15) is 0 Å². The number of fused-ring (bicyclic) bond motifs is 1. The van der Waals surface area contributed by atoms with Gasteiger partial charge in [0.15, 0.2) is 0 Å². The van der Waals surface area contributed by atoms with Crippen molar-refractivity contribution in [2.45, 2.75) is 38.1 Å². The molecule has 0 saturated carbocycles. The molecule has 21 heavy (non-hydrogen) atoms. The first-order valence-electron chi connectivity index (χ1n) is 8.13. The average Bonchev–Trinajstić information content (AvgIpc) is 2.53. The van der Waals surface area contributed by atoms with Gasteiger partial charge in [0.25, 0.3) is 5.91 Å². The Morgan fingerprint density at radius 1 is 1.19 bits per heavy atom. The molecule has 0 spiro atoms. The minimum absolute atomic E-state index is 0.0384. The zero-order valence-corrected chi connectivity index (χ0v) is 13.2. The number of quaternary nitrogens is 1. The van der Waals surface area contributed by atoms with Gasteiger partial charge in [-0.15, -0.1) is 0 Å². The molecule has 1 aromatic carbocycles. The molecule has 114 valence electrons. The summed E-state index contributed by atoms with van der Waals surface area (Å²) >= 11 is 6.09. The molecule has 0 aromatic heterocycles. The van der Waals surface area contributed by atoms with Gasteiger partial charge in [-0.25, -0.2) is 0 Å². The lowest BCUT2D eigenvalue weighted by Crippen LogP contribution is -3.18. The Bertz CT molecular complexity index is 503. The third-order valence-electron chi connectivity index (χ3n) is 5.07. The summed E-state index contributed by atoms with van der Waals surface area (Å²) in [6.45, 7) is 3.43. The van der Waals surface area contributed by atoms with Gasteiger partial charge in [-0.2, -0.15) is 0 Å². The number of benzene rings is 1. The van der Waals surface area contributed by atoms with Crippen LogP contribution < -0.4 is 10.2 Å². The maximum Gasteiger partial charge on any atom is 0.252 e. The first-order chi connectivity index (χ1) is 10.3. The molecular formula is C17H24ClN2O+. The summed E-state index contributed by atoms with van der Waals surface area (Å²) in [6, 6.07) is 8.01. The van der Waals surface area contributed by atoms with E-state index in [1.807, 2.05) is 12.1 Å². The van der Waals surface area contributed by atoms with E-state index in [2.05, 4.69) is 5.32 Å². The predicted octanol–water partition coefficient (Wildman–Crippen LogP) is 1.92. The van der Waals surface area contributed by atoms with Crippen molar-refractivity contribution in [2.75, 3.05) is 19.6 Å². The largest absolute Gasteiger partial charge is 0.351 e. The summed E-state index contributed by atoms with van der Waals surface area (Å²) in [4.78, 5) is 14.0. The highest BCUT2D eigenvalue weighted by Crippen LogP contribution is 2.20. The lowest BCUT2D eigenvalue weighted by Gasteiger charge is -2.41. The molecule has 3 rings (SSSR count). The van der Waals surface area contributed by atoms with Crippen LogP contribution in [0.3, 0.4) is 0 Å². The summed E-state index contributed by atoms with van der Waals surface area (Å²) in [5, 5.41) is 3.64. The van der Waals surface area contributed by atoms with E-state index >= 15 is 0 Å². The van der Waals surface area contributed by atoms with Crippen LogP contribution in [0.4, 0.5) is 0 Å². The quantitative estimate of drug-likeness (QED) is 0.879. The fourth-order valence-corrected chi connectivity index (χ4v) is 4.21. The van der Waals surface area contributed by atoms with Gasteiger partial charge in [-0.1, -0.05) is 23.7 Å². The highest BCUT2D eigenvalue weighted by Gasteiger charge is 2.36. The van der Waals surface area contributed by atoms with Crippen LogP contribution in [0.15, 0.2) is 24.3 Å². The minimum Gasteiger partial charge on any atom is -0.351 e. The van der Waals surface area contributed by atoms with E-state index in [1.54, 1.807) is 17.0 Å². The number of carbonyl (C=O) groups excluding carboxylic acids is 1. The van der Waals surface area contributed by atoms with Gasteiger partial charge in [0, 0.05) is 12.5 Å². The zero-order valence-electron chi connectivity index (χ0n) is 12.4. The molecule has 2 saturated heterocycles. The number of hydrogen-bond acceptors (Lipinski definition) is 1. The summed E-state index contributed by atoms with van der Waals surface area (Å²) < 4.78 is 0. The molecule has 3 nitrogen and oxygen atoms in total. The molecule has 0 aliphatic carbocycles. The molecule has 2 aliphatic rings.